The van der Waals surface area contributed by atoms with E-state index in [-0.39, 0.29) is 28.8 Å². The number of amides is 2. The number of nitrogen functional groups attached to an aromatic ring is 1. The van der Waals surface area contributed by atoms with Crippen LogP contribution < -0.4 is 21.5 Å². The SMILES string of the molecule is Br.CCn1nc(C)cc1C(=O)Nc1nc2cc(C(N)=O)ccc2n1CCCCn1c(N)nc2cc(C(=O)OC)cc(OC)c21. The quantitative estimate of drug-likeness (QED) is 0.139. The number of ether oxygens (including phenoxy) is 2. The first-order chi connectivity index (χ1) is 20.6. The molecule has 5 aromatic rings. The molecule has 0 aliphatic heterocycles. The van der Waals surface area contributed by atoms with Crippen molar-refractivity contribution in [3.63, 3.8) is 0 Å². The van der Waals surface area contributed by atoms with Gasteiger partial charge in [0, 0.05) is 25.2 Å². The summed E-state index contributed by atoms with van der Waals surface area (Å²) in [5, 5.41) is 7.28. The molecule has 0 unspecified atom stereocenters. The summed E-state index contributed by atoms with van der Waals surface area (Å²) in [7, 11) is 2.83. The van der Waals surface area contributed by atoms with Crippen LogP contribution in [-0.4, -0.2) is 60.9 Å². The number of hydrogen-bond acceptors (Lipinski definition) is 9. The fourth-order valence-corrected chi connectivity index (χ4v) is 5.15. The lowest BCUT2D eigenvalue weighted by Crippen LogP contribution is -2.20. The Labute approximate surface area is 263 Å². The minimum absolute atomic E-state index is 0. The molecular formula is C29H34BrN9O5. The van der Waals surface area contributed by atoms with Gasteiger partial charge in [0.1, 0.15) is 17.0 Å². The highest BCUT2D eigenvalue weighted by atomic mass is 79.9. The molecule has 0 aliphatic rings. The van der Waals surface area contributed by atoms with Gasteiger partial charge >= 0.3 is 5.97 Å². The van der Waals surface area contributed by atoms with E-state index >= 15 is 0 Å². The van der Waals surface area contributed by atoms with E-state index in [0.717, 1.165) is 11.2 Å². The number of unbranched alkanes of at least 4 members (excludes halogenated alkanes) is 1. The Balaban J connectivity index is 0.00000442. The van der Waals surface area contributed by atoms with Crippen molar-refractivity contribution in [1.82, 2.24) is 28.9 Å². The lowest BCUT2D eigenvalue weighted by molar-refractivity contribution is 0.0600. The van der Waals surface area contributed by atoms with Crippen molar-refractivity contribution in [2.75, 3.05) is 25.3 Å². The average Bonchev–Trinajstić information content (AvgIpc) is 3.65. The smallest absolute Gasteiger partial charge is 0.338 e. The van der Waals surface area contributed by atoms with Crippen LogP contribution in [0.5, 0.6) is 5.75 Å². The molecule has 14 nitrogen and oxygen atoms in total. The number of nitrogens with zero attached hydrogens (tertiary/aromatic N) is 6. The predicted molar refractivity (Wildman–Crippen MR) is 170 cm³/mol. The first kappa shape index (κ1) is 32.0. The Morgan fingerprint density at radius 3 is 2.32 bits per heavy atom. The zero-order chi connectivity index (χ0) is 30.8. The number of imidazole rings is 2. The van der Waals surface area contributed by atoms with Crippen LogP contribution in [0.3, 0.4) is 0 Å². The number of rotatable bonds is 11. The fourth-order valence-electron chi connectivity index (χ4n) is 5.15. The van der Waals surface area contributed by atoms with Crippen LogP contribution in [0, 0.1) is 6.92 Å². The van der Waals surface area contributed by atoms with Crippen molar-refractivity contribution in [2.45, 2.75) is 46.3 Å². The van der Waals surface area contributed by atoms with Gasteiger partial charge in [-0.3, -0.25) is 19.6 Å². The number of nitrogens with two attached hydrogens (primary N) is 2. The standard InChI is InChI=1S/C29H33N9O5.BrH/c1-5-38-22(12-16(2)35-38)26(40)34-29-33-19-13-17(25(30)39)8-9-21(19)36(29)10-6-7-11-37-24-20(32-28(37)31)14-18(27(41)43-4)15-23(24)42-3;/h8-9,12-15H,5-7,10-11H2,1-4H3,(H2,30,39)(H2,31,32)(H,33,34,40);1H. The minimum atomic E-state index is -0.566. The Morgan fingerprint density at radius 2 is 1.66 bits per heavy atom. The Kier molecular flexibility index (Phi) is 9.57. The van der Waals surface area contributed by atoms with Crippen LogP contribution >= 0.6 is 17.0 Å². The second-order valence-corrected chi connectivity index (χ2v) is 9.96. The summed E-state index contributed by atoms with van der Waals surface area (Å²) in [4.78, 5) is 46.2. The van der Waals surface area contributed by atoms with E-state index in [4.69, 9.17) is 20.9 Å². The van der Waals surface area contributed by atoms with Gasteiger partial charge in [0.15, 0.2) is 0 Å². The van der Waals surface area contributed by atoms with Crippen molar-refractivity contribution >= 4 is 68.7 Å². The van der Waals surface area contributed by atoms with Gasteiger partial charge in [-0.1, -0.05) is 0 Å². The van der Waals surface area contributed by atoms with Crippen LogP contribution in [0.15, 0.2) is 36.4 Å². The van der Waals surface area contributed by atoms with Crippen LogP contribution in [0.25, 0.3) is 22.1 Å². The molecule has 3 heterocycles. The molecule has 2 amide bonds. The van der Waals surface area contributed by atoms with Crippen molar-refractivity contribution in [3.8, 4) is 5.75 Å². The van der Waals surface area contributed by atoms with Crippen molar-refractivity contribution in [1.29, 1.82) is 0 Å². The van der Waals surface area contributed by atoms with Gasteiger partial charge in [-0.05, 0) is 63.1 Å². The minimum Gasteiger partial charge on any atom is -0.494 e. The highest BCUT2D eigenvalue weighted by Gasteiger charge is 2.20. The molecule has 0 atom stereocenters. The molecule has 2 aromatic carbocycles. The number of nitrogens with one attached hydrogen (secondary N) is 1. The van der Waals surface area contributed by atoms with Crippen molar-refractivity contribution in [2.24, 2.45) is 5.73 Å². The molecule has 0 radical (unpaired) electrons. The molecule has 15 heteroatoms. The van der Waals surface area contributed by atoms with Gasteiger partial charge in [-0.2, -0.15) is 5.10 Å². The molecule has 0 spiro atoms. The molecule has 0 fully saturated rings. The number of halogens is 1. The van der Waals surface area contributed by atoms with E-state index in [0.29, 0.717) is 77.5 Å². The first-order valence-electron chi connectivity index (χ1n) is 13.7. The van der Waals surface area contributed by atoms with Gasteiger partial charge in [0.05, 0.1) is 42.0 Å². The number of fused-ring (bicyclic) bond motifs is 2. The van der Waals surface area contributed by atoms with Gasteiger partial charge < -0.3 is 30.1 Å². The van der Waals surface area contributed by atoms with E-state index in [9.17, 15) is 14.4 Å². The monoisotopic (exact) mass is 667 g/mol. The summed E-state index contributed by atoms with van der Waals surface area (Å²) < 4.78 is 15.8. The average molecular weight is 669 g/mol. The maximum absolute atomic E-state index is 13.2. The number of methoxy groups -OCH3 is 2. The number of anilines is 2. The number of benzene rings is 2. The number of esters is 1. The molecule has 0 saturated carbocycles. The molecule has 5 N–H and O–H groups in total. The fraction of sp³-hybridized carbons (Fsp3) is 0.310. The molecule has 0 aliphatic carbocycles. The third kappa shape index (κ3) is 6.08. The summed E-state index contributed by atoms with van der Waals surface area (Å²) in [5.41, 5.74) is 16.0. The highest BCUT2D eigenvalue weighted by Crippen LogP contribution is 2.30. The van der Waals surface area contributed by atoms with E-state index in [2.05, 4.69) is 20.4 Å². The summed E-state index contributed by atoms with van der Waals surface area (Å²) in [6, 6.07) is 9.96. The summed E-state index contributed by atoms with van der Waals surface area (Å²) >= 11 is 0. The van der Waals surface area contributed by atoms with Crippen LogP contribution in [0.2, 0.25) is 0 Å². The van der Waals surface area contributed by atoms with Crippen LogP contribution in [0.1, 0.15) is 56.7 Å². The maximum atomic E-state index is 13.2. The zero-order valence-electron chi connectivity index (χ0n) is 24.8. The molecular weight excluding hydrogens is 634 g/mol. The summed E-state index contributed by atoms with van der Waals surface area (Å²) in [5.74, 6) is -0.319. The number of aryl methyl sites for hydroxylation is 4. The second kappa shape index (κ2) is 13.2. The molecule has 5 rings (SSSR count). The normalized spacial score (nSPS) is 11.0. The van der Waals surface area contributed by atoms with Gasteiger partial charge in [0.2, 0.25) is 17.8 Å². The summed E-state index contributed by atoms with van der Waals surface area (Å²) in [6.07, 6.45) is 1.37. The molecule has 44 heavy (non-hydrogen) atoms. The zero-order valence-corrected chi connectivity index (χ0v) is 26.5. The van der Waals surface area contributed by atoms with Crippen LogP contribution in [-0.2, 0) is 24.4 Å². The van der Waals surface area contributed by atoms with Gasteiger partial charge in [-0.15, -0.1) is 17.0 Å². The number of carbonyl (C=O) groups is 3. The lowest BCUT2D eigenvalue weighted by Gasteiger charge is -2.12. The second-order valence-electron chi connectivity index (χ2n) is 9.96. The molecule has 232 valence electrons. The number of aromatic nitrogens is 6. The van der Waals surface area contributed by atoms with E-state index in [1.54, 1.807) is 41.1 Å². The predicted octanol–water partition coefficient (Wildman–Crippen LogP) is 3.70. The number of carbonyl (C=O) groups excluding carboxylic acids is 3. The molecule has 0 bridgehead atoms. The lowest BCUT2D eigenvalue weighted by atomic mass is 10.1. The molecule has 0 saturated heterocycles. The maximum Gasteiger partial charge on any atom is 0.338 e. The van der Waals surface area contributed by atoms with Crippen molar-refractivity contribution in [3.05, 3.63) is 58.9 Å². The summed E-state index contributed by atoms with van der Waals surface area (Å²) in [6.45, 7) is 5.30. The van der Waals surface area contributed by atoms with E-state index in [1.165, 1.54) is 14.2 Å². The van der Waals surface area contributed by atoms with Gasteiger partial charge in [-0.25, -0.2) is 14.8 Å². The number of hydrogen-bond donors (Lipinski definition) is 3. The van der Waals surface area contributed by atoms with Crippen molar-refractivity contribution < 1.29 is 23.9 Å². The Morgan fingerprint density at radius 1 is 0.955 bits per heavy atom. The highest BCUT2D eigenvalue weighted by molar-refractivity contribution is 8.93. The topological polar surface area (TPSA) is 187 Å². The Bertz CT molecular complexity index is 1870. The third-order valence-corrected chi connectivity index (χ3v) is 7.18. The van der Waals surface area contributed by atoms with Gasteiger partial charge in [0.25, 0.3) is 5.91 Å². The largest absolute Gasteiger partial charge is 0.494 e. The third-order valence-electron chi connectivity index (χ3n) is 7.18. The van der Waals surface area contributed by atoms with Crippen LogP contribution in [0.4, 0.5) is 11.9 Å². The Hall–Kier alpha value is -4.92. The number of primary amides is 1. The van der Waals surface area contributed by atoms with E-state index < -0.39 is 11.9 Å². The van der Waals surface area contributed by atoms with E-state index in [1.807, 2.05) is 23.0 Å². The first-order valence-corrected chi connectivity index (χ1v) is 13.7. The molecule has 3 aromatic heterocycles.